The highest BCUT2D eigenvalue weighted by molar-refractivity contribution is 6.30. The Morgan fingerprint density at radius 3 is 2.73 bits per heavy atom. The van der Waals surface area contributed by atoms with E-state index in [0.29, 0.717) is 41.3 Å². The first kappa shape index (κ1) is 19.9. The molecular formula is C21H17ClFN5O2. The number of fused-ring (bicyclic) bond motifs is 1. The molecule has 2 N–H and O–H groups in total. The van der Waals surface area contributed by atoms with Crippen LogP contribution in [0.25, 0.3) is 10.9 Å². The molecule has 0 aliphatic rings. The van der Waals surface area contributed by atoms with Gasteiger partial charge in [-0.2, -0.15) is 0 Å². The fourth-order valence-electron chi connectivity index (χ4n) is 2.91. The molecule has 4 aromatic rings. The van der Waals surface area contributed by atoms with Crippen LogP contribution >= 0.6 is 11.6 Å². The molecule has 9 heteroatoms. The number of pyridine rings is 2. The van der Waals surface area contributed by atoms with Crippen molar-refractivity contribution in [1.82, 2.24) is 25.3 Å². The van der Waals surface area contributed by atoms with Gasteiger partial charge in [0.15, 0.2) is 0 Å². The van der Waals surface area contributed by atoms with Gasteiger partial charge in [-0.1, -0.05) is 11.6 Å². The maximum atomic E-state index is 13.3. The molecule has 0 amide bonds. The molecule has 0 radical (unpaired) electrons. The van der Waals surface area contributed by atoms with Gasteiger partial charge in [-0.3, -0.25) is 14.8 Å². The van der Waals surface area contributed by atoms with E-state index in [4.69, 9.17) is 16.3 Å². The quantitative estimate of drug-likeness (QED) is 0.471. The van der Waals surface area contributed by atoms with Crippen molar-refractivity contribution < 1.29 is 9.13 Å². The van der Waals surface area contributed by atoms with Gasteiger partial charge in [-0.25, -0.2) is 9.37 Å². The number of aromatic nitrogens is 4. The second-order valence-electron chi connectivity index (χ2n) is 6.49. The fourth-order valence-corrected chi connectivity index (χ4v) is 3.08. The first-order valence-corrected chi connectivity index (χ1v) is 9.52. The molecule has 3 aromatic heterocycles. The van der Waals surface area contributed by atoms with Crippen molar-refractivity contribution in [3.63, 3.8) is 0 Å². The number of nitrogens with zero attached hydrogens (tertiary/aromatic N) is 3. The number of H-pyrrole nitrogens is 1. The molecule has 152 valence electrons. The van der Waals surface area contributed by atoms with Gasteiger partial charge in [0.25, 0.3) is 5.56 Å². The second kappa shape index (κ2) is 8.98. The molecule has 3 heterocycles. The third kappa shape index (κ3) is 4.61. The fraction of sp³-hybridized carbons (Fsp3) is 0.143. The first-order chi connectivity index (χ1) is 14.6. The van der Waals surface area contributed by atoms with E-state index < -0.39 is 5.82 Å². The van der Waals surface area contributed by atoms with E-state index in [1.54, 1.807) is 24.7 Å². The molecule has 30 heavy (non-hydrogen) atoms. The Bertz CT molecular complexity index is 1230. The molecule has 0 unspecified atom stereocenters. The monoisotopic (exact) mass is 425 g/mol. The molecule has 0 aliphatic carbocycles. The summed E-state index contributed by atoms with van der Waals surface area (Å²) in [7, 11) is 0. The van der Waals surface area contributed by atoms with Gasteiger partial charge in [0.05, 0.1) is 16.1 Å². The molecule has 7 nitrogen and oxygen atoms in total. The molecule has 0 saturated heterocycles. The lowest BCUT2D eigenvalue weighted by molar-refractivity contribution is 0.295. The second-order valence-corrected chi connectivity index (χ2v) is 6.90. The summed E-state index contributed by atoms with van der Waals surface area (Å²) in [4.78, 5) is 28.1. The summed E-state index contributed by atoms with van der Waals surface area (Å²) < 4.78 is 18.9. The van der Waals surface area contributed by atoms with Crippen LogP contribution in [0.15, 0.2) is 59.8 Å². The highest BCUT2D eigenvalue weighted by Gasteiger charge is 2.10. The Balaban J connectivity index is 1.52. The maximum absolute atomic E-state index is 13.3. The molecule has 0 spiro atoms. The van der Waals surface area contributed by atoms with Gasteiger partial charge < -0.3 is 15.0 Å². The van der Waals surface area contributed by atoms with E-state index in [1.165, 1.54) is 18.2 Å². The number of rotatable bonds is 7. The SMILES string of the molecule is O=c1[nH]c(COc2ccc(F)c(Cl)c2)nc2c(CNCc3ccncc3)nccc12. The topological polar surface area (TPSA) is 92.8 Å². The predicted molar refractivity (Wildman–Crippen MR) is 111 cm³/mol. The van der Waals surface area contributed by atoms with Crippen molar-refractivity contribution in [2.75, 3.05) is 0 Å². The minimum atomic E-state index is -0.531. The smallest absolute Gasteiger partial charge is 0.258 e. The average Bonchev–Trinajstić information content (AvgIpc) is 2.76. The Kier molecular flexibility index (Phi) is 5.97. The number of hydrogen-bond acceptors (Lipinski definition) is 6. The highest BCUT2D eigenvalue weighted by Crippen LogP contribution is 2.21. The maximum Gasteiger partial charge on any atom is 0.258 e. The van der Waals surface area contributed by atoms with Crippen molar-refractivity contribution >= 4 is 22.5 Å². The largest absolute Gasteiger partial charge is 0.486 e. The summed E-state index contributed by atoms with van der Waals surface area (Å²) in [5, 5.41) is 3.70. The lowest BCUT2D eigenvalue weighted by Gasteiger charge is -2.09. The Labute approximate surface area is 175 Å². The van der Waals surface area contributed by atoms with Crippen LogP contribution in [0, 0.1) is 5.82 Å². The van der Waals surface area contributed by atoms with Crippen molar-refractivity contribution in [3.8, 4) is 5.75 Å². The van der Waals surface area contributed by atoms with Crippen LogP contribution in [0.4, 0.5) is 4.39 Å². The zero-order chi connectivity index (χ0) is 20.9. The van der Waals surface area contributed by atoms with E-state index in [9.17, 15) is 9.18 Å². The summed E-state index contributed by atoms with van der Waals surface area (Å²) in [5.41, 5.74) is 1.95. The summed E-state index contributed by atoms with van der Waals surface area (Å²) >= 11 is 5.77. The van der Waals surface area contributed by atoms with Gasteiger partial charge in [0.1, 0.15) is 29.5 Å². The van der Waals surface area contributed by atoms with Crippen molar-refractivity contribution in [2.24, 2.45) is 0 Å². The van der Waals surface area contributed by atoms with Crippen LogP contribution in [0.2, 0.25) is 5.02 Å². The van der Waals surface area contributed by atoms with Crippen LogP contribution in [-0.4, -0.2) is 19.9 Å². The van der Waals surface area contributed by atoms with Gasteiger partial charge in [-0.05, 0) is 35.9 Å². The number of benzene rings is 1. The Morgan fingerprint density at radius 2 is 1.93 bits per heavy atom. The average molecular weight is 426 g/mol. The molecule has 0 fully saturated rings. The predicted octanol–water partition coefficient (Wildman–Crippen LogP) is 3.37. The van der Waals surface area contributed by atoms with E-state index in [-0.39, 0.29) is 17.2 Å². The molecular weight excluding hydrogens is 409 g/mol. The van der Waals surface area contributed by atoms with E-state index in [2.05, 4.69) is 25.3 Å². The van der Waals surface area contributed by atoms with E-state index in [0.717, 1.165) is 5.56 Å². The zero-order valence-electron chi connectivity index (χ0n) is 15.7. The third-order valence-corrected chi connectivity index (χ3v) is 4.68. The van der Waals surface area contributed by atoms with Gasteiger partial charge >= 0.3 is 0 Å². The summed E-state index contributed by atoms with van der Waals surface area (Å²) in [6.07, 6.45) is 5.04. The first-order valence-electron chi connectivity index (χ1n) is 9.14. The standard InChI is InChI=1S/C21H17ClFN5O2/c22-16-9-14(1-2-17(16)23)30-12-19-27-20-15(21(29)28-19)5-8-26-18(20)11-25-10-13-3-6-24-7-4-13/h1-9,25H,10-12H2,(H,27,28,29). The molecule has 0 atom stereocenters. The number of ether oxygens (including phenoxy) is 1. The van der Waals surface area contributed by atoms with Gasteiger partial charge in [-0.15, -0.1) is 0 Å². The van der Waals surface area contributed by atoms with E-state index in [1.807, 2.05) is 12.1 Å². The minimum Gasteiger partial charge on any atom is -0.486 e. The summed E-state index contributed by atoms with van der Waals surface area (Å²) in [5.74, 6) is 0.169. The zero-order valence-corrected chi connectivity index (χ0v) is 16.5. The summed E-state index contributed by atoms with van der Waals surface area (Å²) in [6, 6.07) is 9.50. The molecule has 4 rings (SSSR count). The van der Waals surface area contributed by atoms with Crippen LogP contribution in [0.5, 0.6) is 5.75 Å². The lowest BCUT2D eigenvalue weighted by atomic mass is 10.2. The Morgan fingerprint density at radius 1 is 1.10 bits per heavy atom. The van der Waals surface area contributed by atoms with E-state index >= 15 is 0 Å². The molecule has 0 bridgehead atoms. The minimum absolute atomic E-state index is 0.00802. The van der Waals surface area contributed by atoms with Gasteiger partial charge in [0.2, 0.25) is 0 Å². The lowest BCUT2D eigenvalue weighted by Crippen LogP contribution is -2.18. The Hall–Kier alpha value is -3.36. The van der Waals surface area contributed by atoms with Crippen LogP contribution in [0.3, 0.4) is 0 Å². The molecule has 1 aromatic carbocycles. The van der Waals surface area contributed by atoms with Crippen LogP contribution in [-0.2, 0) is 19.7 Å². The number of aromatic amines is 1. The van der Waals surface area contributed by atoms with Crippen molar-refractivity contribution in [3.05, 3.63) is 93.3 Å². The normalized spacial score (nSPS) is 11.0. The molecule has 0 saturated carbocycles. The van der Waals surface area contributed by atoms with Crippen molar-refractivity contribution in [2.45, 2.75) is 19.7 Å². The number of nitrogens with one attached hydrogen (secondary N) is 2. The number of hydrogen-bond donors (Lipinski definition) is 2. The number of halogens is 2. The molecule has 0 aliphatic heterocycles. The highest BCUT2D eigenvalue weighted by atomic mass is 35.5. The van der Waals surface area contributed by atoms with Gasteiger partial charge in [0, 0.05) is 37.7 Å². The van der Waals surface area contributed by atoms with Crippen LogP contribution in [0.1, 0.15) is 17.1 Å². The third-order valence-electron chi connectivity index (χ3n) is 4.39. The summed E-state index contributed by atoms with van der Waals surface area (Å²) in [6.45, 7) is 1.06. The van der Waals surface area contributed by atoms with Crippen LogP contribution < -0.4 is 15.6 Å². The van der Waals surface area contributed by atoms with Crippen molar-refractivity contribution in [1.29, 1.82) is 0 Å².